The first kappa shape index (κ1) is 32.7. The van der Waals surface area contributed by atoms with E-state index in [9.17, 15) is 19.5 Å². The standard InChI is InChI=1S/C17H37O6P.2Na/c1-2-3-4-5-6-7-8-9-10-11-12-13-14-22-15-17(18)16-23-24(19,20)21;;/h17-18H,2-16H2,1H3,(H2,19,20,21);;/q;2*+1/p-2. The molecular weight excluding hydrogens is 377 g/mol. The number of aliphatic hydroxyl groups excluding tert-OH is 1. The Morgan fingerprint density at radius 3 is 1.65 bits per heavy atom. The fourth-order valence-electron chi connectivity index (χ4n) is 2.49. The fourth-order valence-corrected chi connectivity index (χ4v) is 2.84. The third-order valence-electron chi connectivity index (χ3n) is 3.88. The zero-order valence-corrected chi connectivity index (χ0v) is 22.0. The summed E-state index contributed by atoms with van der Waals surface area (Å²) >= 11 is 0. The van der Waals surface area contributed by atoms with Crippen molar-refractivity contribution in [3.05, 3.63) is 0 Å². The summed E-state index contributed by atoms with van der Waals surface area (Å²) in [6.07, 6.45) is 14.2. The van der Waals surface area contributed by atoms with Gasteiger partial charge < -0.3 is 28.7 Å². The molecule has 6 nitrogen and oxygen atoms in total. The molecule has 0 saturated carbocycles. The van der Waals surface area contributed by atoms with Crippen LogP contribution in [0.1, 0.15) is 84.0 Å². The second-order valence-electron chi connectivity index (χ2n) is 6.36. The molecule has 0 aliphatic rings. The number of phosphoric ester groups is 1. The van der Waals surface area contributed by atoms with Gasteiger partial charge in [-0.25, -0.2) is 0 Å². The summed E-state index contributed by atoms with van der Waals surface area (Å²) in [4.78, 5) is 20.5. The topological polar surface area (TPSA) is 102 Å². The SMILES string of the molecule is CCCCCCCCCCCCCCOCC(O)COP(=O)([O-])[O-].[Na+].[Na+]. The summed E-state index contributed by atoms with van der Waals surface area (Å²) in [7, 11) is -5.01. The largest absolute Gasteiger partial charge is 1.00 e. The van der Waals surface area contributed by atoms with Crippen molar-refractivity contribution in [3.8, 4) is 0 Å². The molecule has 26 heavy (non-hydrogen) atoms. The molecule has 0 spiro atoms. The third-order valence-corrected chi connectivity index (χ3v) is 4.34. The average Bonchev–Trinajstić information content (AvgIpc) is 2.52. The monoisotopic (exact) mass is 412 g/mol. The van der Waals surface area contributed by atoms with Crippen molar-refractivity contribution in [1.29, 1.82) is 0 Å². The van der Waals surface area contributed by atoms with Crippen molar-refractivity contribution < 1.29 is 87.8 Å². The Kier molecular flexibility index (Phi) is 29.3. The molecule has 9 heteroatoms. The van der Waals surface area contributed by atoms with Crippen LogP contribution in [0.25, 0.3) is 0 Å². The van der Waals surface area contributed by atoms with E-state index < -0.39 is 20.5 Å². The Labute approximate surface area is 204 Å². The molecule has 0 fully saturated rings. The quantitative estimate of drug-likeness (QED) is 0.146. The first-order valence-electron chi connectivity index (χ1n) is 9.38. The maximum atomic E-state index is 10.2. The van der Waals surface area contributed by atoms with Crippen LogP contribution in [-0.2, 0) is 13.8 Å². The molecule has 0 rings (SSSR count). The molecular formula is C17H35Na2O6P. The molecule has 0 heterocycles. The van der Waals surface area contributed by atoms with Crippen LogP contribution in [0.2, 0.25) is 0 Å². The minimum Gasteiger partial charge on any atom is -0.790 e. The van der Waals surface area contributed by atoms with E-state index in [0.29, 0.717) is 6.61 Å². The number of ether oxygens (including phenoxy) is 1. The van der Waals surface area contributed by atoms with E-state index in [2.05, 4.69) is 11.4 Å². The van der Waals surface area contributed by atoms with Gasteiger partial charge in [-0.15, -0.1) is 0 Å². The van der Waals surface area contributed by atoms with Gasteiger partial charge in [0, 0.05) is 6.61 Å². The van der Waals surface area contributed by atoms with E-state index >= 15 is 0 Å². The molecule has 1 atom stereocenters. The van der Waals surface area contributed by atoms with E-state index in [1.54, 1.807) is 0 Å². The summed E-state index contributed by atoms with van der Waals surface area (Å²) in [5, 5.41) is 9.35. The normalized spacial score (nSPS) is 12.3. The number of unbranched alkanes of at least 4 members (excludes halogenated alkanes) is 11. The molecule has 0 aromatic rings. The van der Waals surface area contributed by atoms with Gasteiger partial charge in [-0.05, 0) is 6.42 Å². The molecule has 0 aliphatic carbocycles. The Hall–Kier alpha value is 2.03. The van der Waals surface area contributed by atoms with E-state index in [-0.39, 0.29) is 65.7 Å². The first-order chi connectivity index (χ1) is 11.5. The Balaban J connectivity index is -0.00000264. The molecule has 0 aromatic heterocycles. The van der Waals surface area contributed by atoms with Crippen LogP contribution in [0.15, 0.2) is 0 Å². The van der Waals surface area contributed by atoms with Gasteiger partial charge in [-0.2, -0.15) is 0 Å². The van der Waals surface area contributed by atoms with Gasteiger partial charge in [-0.1, -0.05) is 77.6 Å². The van der Waals surface area contributed by atoms with Gasteiger partial charge in [0.05, 0.1) is 21.0 Å². The number of hydrogen-bond donors (Lipinski definition) is 1. The maximum Gasteiger partial charge on any atom is 1.00 e. The van der Waals surface area contributed by atoms with Gasteiger partial charge in [0.15, 0.2) is 0 Å². The molecule has 0 saturated heterocycles. The smallest absolute Gasteiger partial charge is 0.790 e. The van der Waals surface area contributed by atoms with Crippen molar-refractivity contribution in [2.75, 3.05) is 19.8 Å². The molecule has 0 radical (unpaired) electrons. The van der Waals surface area contributed by atoms with Gasteiger partial charge in [0.25, 0.3) is 0 Å². The summed E-state index contributed by atoms with van der Waals surface area (Å²) in [5.41, 5.74) is 0. The Bertz CT molecular complexity index is 318. The Morgan fingerprint density at radius 1 is 0.808 bits per heavy atom. The van der Waals surface area contributed by atoms with Gasteiger partial charge in [0.2, 0.25) is 0 Å². The number of rotatable bonds is 18. The first-order valence-corrected chi connectivity index (χ1v) is 10.8. The Morgan fingerprint density at radius 2 is 1.23 bits per heavy atom. The molecule has 1 N–H and O–H groups in total. The molecule has 0 aliphatic heterocycles. The van der Waals surface area contributed by atoms with Crippen LogP contribution in [0.5, 0.6) is 0 Å². The minimum absolute atomic E-state index is 0. The maximum absolute atomic E-state index is 10.2. The number of hydrogen-bond acceptors (Lipinski definition) is 6. The molecule has 146 valence electrons. The van der Waals surface area contributed by atoms with E-state index in [1.165, 1.54) is 64.2 Å². The van der Waals surface area contributed by atoms with Crippen molar-refractivity contribution in [2.24, 2.45) is 0 Å². The summed E-state index contributed by atoms with van der Waals surface area (Å²) in [6, 6.07) is 0. The molecule has 0 bridgehead atoms. The second-order valence-corrected chi connectivity index (χ2v) is 7.51. The predicted molar refractivity (Wildman–Crippen MR) is 91.5 cm³/mol. The third kappa shape index (κ3) is 28.2. The predicted octanol–water partition coefficient (Wildman–Crippen LogP) is -3.08. The summed E-state index contributed by atoms with van der Waals surface area (Å²) < 4.78 is 19.4. The van der Waals surface area contributed by atoms with Crippen molar-refractivity contribution in [3.63, 3.8) is 0 Å². The van der Waals surface area contributed by atoms with Crippen LogP contribution in [0.4, 0.5) is 0 Å². The van der Waals surface area contributed by atoms with Gasteiger partial charge in [-0.3, -0.25) is 0 Å². The van der Waals surface area contributed by atoms with Crippen LogP contribution in [0, 0.1) is 0 Å². The molecule has 1 unspecified atom stereocenters. The van der Waals surface area contributed by atoms with E-state index in [1.807, 2.05) is 0 Å². The van der Waals surface area contributed by atoms with E-state index in [4.69, 9.17) is 4.74 Å². The van der Waals surface area contributed by atoms with Crippen molar-refractivity contribution in [1.82, 2.24) is 0 Å². The summed E-state index contributed by atoms with van der Waals surface area (Å²) in [6.45, 7) is 2.21. The number of phosphoric acid groups is 1. The van der Waals surface area contributed by atoms with Crippen LogP contribution in [-0.4, -0.2) is 31.0 Å². The average molecular weight is 412 g/mol. The number of aliphatic hydroxyl groups is 1. The zero-order chi connectivity index (χ0) is 18.1. The van der Waals surface area contributed by atoms with E-state index in [0.717, 1.165) is 12.8 Å². The molecule has 0 amide bonds. The van der Waals surface area contributed by atoms with Crippen molar-refractivity contribution in [2.45, 2.75) is 90.1 Å². The zero-order valence-electron chi connectivity index (χ0n) is 17.1. The van der Waals surface area contributed by atoms with Crippen LogP contribution >= 0.6 is 7.82 Å². The van der Waals surface area contributed by atoms with Gasteiger partial charge >= 0.3 is 59.1 Å². The second kappa shape index (κ2) is 23.3. The minimum atomic E-state index is -5.01. The van der Waals surface area contributed by atoms with Crippen molar-refractivity contribution >= 4 is 7.82 Å². The van der Waals surface area contributed by atoms with Crippen LogP contribution < -0.4 is 68.9 Å². The summed E-state index contributed by atoms with van der Waals surface area (Å²) in [5.74, 6) is 0. The van der Waals surface area contributed by atoms with Crippen LogP contribution in [0.3, 0.4) is 0 Å². The molecule has 0 aromatic carbocycles. The fraction of sp³-hybridized carbons (Fsp3) is 1.00. The van der Waals surface area contributed by atoms with Gasteiger partial charge in [0.1, 0.15) is 6.10 Å².